The number of amides is 1. The third kappa shape index (κ3) is 5.53. The number of hydrogen-bond donors (Lipinski definition) is 2. The number of aliphatic carboxylic acids is 1. The van der Waals surface area contributed by atoms with E-state index in [1.165, 1.54) is 0 Å². The lowest BCUT2D eigenvalue weighted by Gasteiger charge is -2.23. The summed E-state index contributed by atoms with van der Waals surface area (Å²) in [4.78, 5) is 24.5. The highest BCUT2D eigenvalue weighted by Gasteiger charge is 2.31. The van der Waals surface area contributed by atoms with Crippen molar-refractivity contribution in [1.82, 2.24) is 5.32 Å². The number of carbonyl (C=O) groups is 2. The predicted octanol–water partition coefficient (Wildman–Crippen LogP) is 3.65. The predicted molar refractivity (Wildman–Crippen MR) is 105 cm³/mol. The molecule has 0 radical (unpaired) electrons. The zero-order valence-corrected chi connectivity index (χ0v) is 17.0. The number of hydrogen-bond acceptors (Lipinski definition) is 5. The molecule has 2 rings (SSSR count). The van der Waals surface area contributed by atoms with Crippen LogP contribution in [0.25, 0.3) is 0 Å². The van der Waals surface area contributed by atoms with Gasteiger partial charge in [0.2, 0.25) is 5.75 Å². The molecule has 2 N–H and O–H groups in total. The van der Waals surface area contributed by atoms with Crippen LogP contribution in [0.15, 0.2) is 12.1 Å². The van der Waals surface area contributed by atoms with Gasteiger partial charge in [0, 0.05) is 11.6 Å². The number of nitrogens with one attached hydrogen (secondary N) is 1. The molecule has 7 nitrogen and oxygen atoms in total. The van der Waals surface area contributed by atoms with E-state index < -0.39 is 11.9 Å². The zero-order valence-electron chi connectivity index (χ0n) is 17.0. The quantitative estimate of drug-likeness (QED) is 0.622. The molecule has 1 aromatic rings. The second-order valence-electron chi connectivity index (χ2n) is 6.76. The van der Waals surface area contributed by atoms with Crippen LogP contribution >= 0.6 is 0 Å². The Morgan fingerprint density at radius 2 is 1.54 bits per heavy atom. The third-order valence-corrected chi connectivity index (χ3v) is 4.82. The molecule has 1 aliphatic rings. The second kappa shape index (κ2) is 10.8. The first-order valence-corrected chi connectivity index (χ1v) is 10.1. The first-order chi connectivity index (χ1) is 13.5. The SMILES string of the molecule is CCOc1cc(C(=O)N[C@H]2CCCCC[C@H]2C(=O)O)cc(OCC)c1OCC. The fraction of sp³-hybridized carbons (Fsp3) is 0.619. The molecule has 156 valence electrons. The minimum Gasteiger partial charge on any atom is -0.490 e. The van der Waals surface area contributed by atoms with E-state index in [4.69, 9.17) is 14.2 Å². The van der Waals surface area contributed by atoms with Gasteiger partial charge in [-0.3, -0.25) is 9.59 Å². The molecule has 2 atom stereocenters. The Bertz CT molecular complexity index is 648. The smallest absolute Gasteiger partial charge is 0.308 e. The first kappa shape index (κ1) is 21.9. The Balaban J connectivity index is 2.31. The maximum Gasteiger partial charge on any atom is 0.308 e. The fourth-order valence-corrected chi connectivity index (χ4v) is 3.55. The van der Waals surface area contributed by atoms with E-state index in [9.17, 15) is 14.7 Å². The van der Waals surface area contributed by atoms with Crippen LogP contribution in [0.5, 0.6) is 17.2 Å². The molecule has 1 aliphatic carbocycles. The summed E-state index contributed by atoms with van der Waals surface area (Å²) in [5.41, 5.74) is 0.365. The van der Waals surface area contributed by atoms with Crippen molar-refractivity contribution in [2.45, 2.75) is 58.9 Å². The van der Waals surface area contributed by atoms with Gasteiger partial charge in [0.15, 0.2) is 11.5 Å². The third-order valence-electron chi connectivity index (χ3n) is 4.82. The van der Waals surface area contributed by atoms with E-state index in [0.717, 1.165) is 19.3 Å². The molecule has 7 heteroatoms. The van der Waals surface area contributed by atoms with Gasteiger partial charge in [-0.25, -0.2) is 0 Å². The monoisotopic (exact) mass is 393 g/mol. The second-order valence-corrected chi connectivity index (χ2v) is 6.76. The summed E-state index contributed by atoms with van der Waals surface area (Å²) in [5.74, 6) is -0.397. The molecule has 0 bridgehead atoms. The number of rotatable bonds is 9. The van der Waals surface area contributed by atoms with Crippen molar-refractivity contribution >= 4 is 11.9 Å². The van der Waals surface area contributed by atoms with Gasteiger partial charge in [-0.1, -0.05) is 19.3 Å². The maximum absolute atomic E-state index is 12.9. The van der Waals surface area contributed by atoms with Crippen LogP contribution in [0.4, 0.5) is 0 Å². The summed E-state index contributed by atoms with van der Waals surface area (Å²) in [6.07, 6.45) is 4.01. The average molecular weight is 393 g/mol. The molecular formula is C21H31NO6. The summed E-state index contributed by atoms with van der Waals surface area (Å²) in [5, 5.41) is 12.5. The van der Waals surface area contributed by atoms with E-state index in [0.29, 0.717) is 55.5 Å². The van der Waals surface area contributed by atoms with Crippen LogP contribution in [0.2, 0.25) is 0 Å². The molecule has 0 spiro atoms. The number of carboxylic acids is 1. The normalized spacial score (nSPS) is 19.4. The van der Waals surface area contributed by atoms with Crippen molar-refractivity contribution < 1.29 is 28.9 Å². The lowest BCUT2D eigenvalue weighted by molar-refractivity contribution is -0.142. The first-order valence-electron chi connectivity index (χ1n) is 10.1. The van der Waals surface area contributed by atoms with Crippen LogP contribution in [-0.2, 0) is 4.79 Å². The summed E-state index contributed by atoms with van der Waals surface area (Å²) >= 11 is 0. The van der Waals surface area contributed by atoms with E-state index in [2.05, 4.69) is 5.32 Å². The van der Waals surface area contributed by atoms with Crippen molar-refractivity contribution in [3.63, 3.8) is 0 Å². The molecule has 1 aromatic carbocycles. The van der Waals surface area contributed by atoms with Crippen molar-refractivity contribution in [2.75, 3.05) is 19.8 Å². The lowest BCUT2D eigenvalue weighted by atomic mass is 9.94. The number of ether oxygens (including phenoxy) is 3. The van der Waals surface area contributed by atoms with Crippen LogP contribution in [0, 0.1) is 5.92 Å². The molecule has 0 unspecified atom stereocenters. The van der Waals surface area contributed by atoms with Gasteiger partial charge >= 0.3 is 5.97 Å². The molecule has 1 fully saturated rings. The minimum absolute atomic E-state index is 0.330. The van der Waals surface area contributed by atoms with Gasteiger partial charge < -0.3 is 24.6 Å². The number of benzene rings is 1. The number of carbonyl (C=O) groups excluding carboxylic acids is 1. The van der Waals surface area contributed by atoms with Gasteiger partial charge in [-0.05, 0) is 45.7 Å². The highest BCUT2D eigenvalue weighted by Crippen LogP contribution is 2.39. The molecular weight excluding hydrogens is 362 g/mol. The topological polar surface area (TPSA) is 94.1 Å². The van der Waals surface area contributed by atoms with Gasteiger partial charge in [0.1, 0.15) is 0 Å². The molecule has 1 saturated carbocycles. The summed E-state index contributed by atoms with van der Waals surface area (Å²) in [7, 11) is 0. The molecule has 0 saturated heterocycles. The zero-order chi connectivity index (χ0) is 20.5. The average Bonchev–Trinajstić information content (AvgIpc) is 2.90. The maximum atomic E-state index is 12.9. The van der Waals surface area contributed by atoms with Gasteiger partial charge in [0.05, 0.1) is 25.7 Å². The van der Waals surface area contributed by atoms with Crippen molar-refractivity contribution in [3.05, 3.63) is 17.7 Å². The van der Waals surface area contributed by atoms with Crippen molar-refractivity contribution in [1.29, 1.82) is 0 Å². The van der Waals surface area contributed by atoms with Crippen LogP contribution in [0.3, 0.4) is 0 Å². The lowest BCUT2D eigenvalue weighted by Crippen LogP contribution is -2.42. The van der Waals surface area contributed by atoms with Crippen molar-refractivity contribution in [3.8, 4) is 17.2 Å². The highest BCUT2D eigenvalue weighted by molar-refractivity contribution is 5.96. The summed E-state index contributed by atoms with van der Waals surface area (Å²) in [6.45, 7) is 6.84. The van der Waals surface area contributed by atoms with Crippen LogP contribution in [-0.4, -0.2) is 42.8 Å². The minimum atomic E-state index is -0.857. The Morgan fingerprint density at radius 3 is 2.07 bits per heavy atom. The summed E-state index contributed by atoms with van der Waals surface area (Å²) < 4.78 is 17.0. The van der Waals surface area contributed by atoms with E-state index in [1.807, 2.05) is 20.8 Å². The van der Waals surface area contributed by atoms with Crippen LogP contribution < -0.4 is 19.5 Å². The highest BCUT2D eigenvalue weighted by atomic mass is 16.5. The van der Waals surface area contributed by atoms with Gasteiger partial charge in [0.25, 0.3) is 5.91 Å². The van der Waals surface area contributed by atoms with E-state index >= 15 is 0 Å². The standard InChI is InChI=1S/C21H31NO6/c1-4-26-17-12-14(13-18(27-5-2)19(17)28-6-3)20(23)22-16-11-9-7-8-10-15(16)21(24)25/h12-13,15-16H,4-11H2,1-3H3,(H,22,23)(H,24,25)/t15-,16+/m1/s1. The Hall–Kier alpha value is -2.44. The molecule has 1 amide bonds. The Morgan fingerprint density at radius 1 is 0.964 bits per heavy atom. The number of carboxylic acid groups (broad SMARTS) is 1. The Labute approximate surface area is 166 Å². The van der Waals surface area contributed by atoms with E-state index in [1.54, 1.807) is 12.1 Å². The van der Waals surface area contributed by atoms with Crippen LogP contribution in [0.1, 0.15) is 63.2 Å². The van der Waals surface area contributed by atoms with Gasteiger partial charge in [-0.2, -0.15) is 0 Å². The van der Waals surface area contributed by atoms with E-state index in [-0.39, 0.29) is 11.9 Å². The molecule has 28 heavy (non-hydrogen) atoms. The molecule has 0 aromatic heterocycles. The molecule has 0 aliphatic heterocycles. The van der Waals surface area contributed by atoms with Gasteiger partial charge in [-0.15, -0.1) is 0 Å². The largest absolute Gasteiger partial charge is 0.490 e. The molecule has 0 heterocycles. The fourth-order valence-electron chi connectivity index (χ4n) is 3.55. The Kier molecular flexibility index (Phi) is 8.42. The summed E-state index contributed by atoms with van der Waals surface area (Å²) in [6, 6.07) is 2.86. The van der Waals surface area contributed by atoms with Crippen molar-refractivity contribution in [2.24, 2.45) is 5.92 Å².